The first-order valence-corrected chi connectivity index (χ1v) is 6.89. The number of hydrogen-bond acceptors (Lipinski definition) is 4. The fourth-order valence-electron chi connectivity index (χ4n) is 2.00. The molecule has 0 N–H and O–H groups in total. The predicted octanol–water partition coefficient (Wildman–Crippen LogP) is 2.90. The van der Waals surface area contributed by atoms with Crippen LogP contribution in [-0.2, 0) is 0 Å². The van der Waals surface area contributed by atoms with E-state index in [0.29, 0.717) is 12.5 Å². The minimum atomic E-state index is -0.605. The first-order chi connectivity index (χ1) is 9.40. The van der Waals surface area contributed by atoms with Gasteiger partial charge in [0.25, 0.3) is 11.6 Å². The highest BCUT2D eigenvalue weighted by Crippen LogP contribution is 2.31. The largest absolute Gasteiger partial charge is 0.336 e. The average Bonchev–Trinajstić information content (AvgIpc) is 3.18. The van der Waals surface area contributed by atoms with Gasteiger partial charge in [-0.3, -0.25) is 14.9 Å². The maximum absolute atomic E-state index is 12.6. The Morgan fingerprint density at radius 1 is 1.60 bits per heavy atom. The zero-order valence-electron chi connectivity index (χ0n) is 11.4. The summed E-state index contributed by atoms with van der Waals surface area (Å²) in [6.45, 7) is 4.43. The Kier molecular flexibility index (Phi) is 4.23. The quantitative estimate of drug-likeness (QED) is 0.476. The number of pyridine rings is 1. The summed E-state index contributed by atoms with van der Waals surface area (Å²) in [6, 6.07) is 1.25. The number of rotatable bonds is 5. The number of hydrogen-bond donors (Lipinski definition) is 0. The molecule has 1 saturated carbocycles. The monoisotopic (exact) mass is 297 g/mol. The maximum Gasteiger partial charge on any atom is 0.300 e. The summed E-state index contributed by atoms with van der Waals surface area (Å²) in [5.41, 5.74) is -0.301. The number of nitrogens with zero attached hydrogens (tertiary/aromatic N) is 3. The molecule has 0 spiro atoms. The van der Waals surface area contributed by atoms with E-state index in [0.717, 1.165) is 19.0 Å². The Morgan fingerprint density at radius 2 is 2.25 bits per heavy atom. The number of nitro groups is 1. The van der Waals surface area contributed by atoms with Gasteiger partial charge < -0.3 is 4.90 Å². The van der Waals surface area contributed by atoms with Gasteiger partial charge in [-0.1, -0.05) is 11.6 Å². The second kappa shape index (κ2) is 5.75. The predicted molar refractivity (Wildman–Crippen MR) is 74.8 cm³/mol. The first kappa shape index (κ1) is 14.7. The van der Waals surface area contributed by atoms with Gasteiger partial charge in [0, 0.05) is 12.6 Å². The van der Waals surface area contributed by atoms with Crippen molar-refractivity contribution >= 4 is 23.2 Å². The van der Waals surface area contributed by atoms with Gasteiger partial charge in [-0.05, 0) is 38.7 Å². The second-order valence-electron chi connectivity index (χ2n) is 5.28. The van der Waals surface area contributed by atoms with Gasteiger partial charge in [-0.15, -0.1) is 0 Å². The lowest BCUT2D eigenvalue weighted by Gasteiger charge is -2.26. The molecule has 7 heteroatoms. The summed E-state index contributed by atoms with van der Waals surface area (Å²) < 4.78 is 0. The van der Waals surface area contributed by atoms with Crippen molar-refractivity contribution in [3.8, 4) is 0 Å². The van der Waals surface area contributed by atoms with E-state index >= 15 is 0 Å². The number of halogens is 1. The topological polar surface area (TPSA) is 76.3 Å². The molecule has 0 saturated heterocycles. The van der Waals surface area contributed by atoms with Gasteiger partial charge in [-0.25, -0.2) is 4.98 Å². The van der Waals surface area contributed by atoms with Crippen molar-refractivity contribution in [2.75, 3.05) is 6.54 Å². The summed E-state index contributed by atoms with van der Waals surface area (Å²) >= 11 is 5.76. The highest BCUT2D eigenvalue weighted by molar-refractivity contribution is 6.29. The highest BCUT2D eigenvalue weighted by Gasteiger charge is 2.32. The zero-order chi connectivity index (χ0) is 14.9. The minimum absolute atomic E-state index is 0.00403. The van der Waals surface area contributed by atoms with Gasteiger partial charge in [0.1, 0.15) is 16.9 Å². The molecule has 0 bridgehead atoms. The molecule has 108 valence electrons. The molecule has 1 amide bonds. The van der Waals surface area contributed by atoms with Crippen LogP contribution < -0.4 is 0 Å². The Bertz CT molecular complexity index is 544. The fraction of sp³-hybridized carbons (Fsp3) is 0.538. The smallest absolute Gasteiger partial charge is 0.300 e. The number of amides is 1. The molecule has 20 heavy (non-hydrogen) atoms. The van der Waals surface area contributed by atoms with Crippen molar-refractivity contribution in [1.82, 2.24) is 9.88 Å². The van der Waals surface area contributed by atoms with Crippen LogP contribution in [0.4, 0.5) is 5.69 Å². The normalized spacial score (nSPS) is 14.4. The third-order valence-electron chi connectivity index (χ3n) is 3.31. The van der Waals surface area contributed by atoms with Crippen molar-refractivity contribution in [2.24, 2.45) is 5.92 Å². The van der Waals surface area contributed by atoms with Crippen LogP contribution in [0.15, 0.2) is 12.3 Å². The van der Waals surface area contributed by atoms with Gasteiger partial charge in [0.05, 0.1) is 4.92 Å². The lowest BCUT2D eigenvalue weighted by atomic mass is 10.1. The first-order valence-electron chi connectivity index (χ1n) is 6.51. The summed E-state index contributed by atoms with van der Waals surface area (Å²) in [4.78, 5) is 28.3. The van der Waals surface area contributed by atoms with E-state index in [1.165, 1.54) is 6.07 Å². The summed E-state index contributed by atoms with van der Waals surface area (Å²) in [5, 5.41) is 11.1. The number of aromatic nitrogens is 1. The summed E-state index contributed by atoms with van der Waals surface area (Å²) in [7, 11) is 0. The van der Waals surface area contributed by atoms with E-state index in [2.05, 4.69) is 4.98 Å². The second-order valence-corrected chi connectivity index (χ2v) is 5.66. The lowest BCUT2D eigenvalue weighted by Crippen LogP contribution is -2.38. The Balaban J connectivity index is 2.34. The van der Waals surface area contributed by atoms with E-state index in [-0.39, 0.29) is 28.4 Å². The molecule has 0 aliphatic heterocycles. The molecule has 0 atom stereocenters. The molecule has 1 heterocycles. The van der Waals surface area contributed by atoms with Crippen molar-refractivity contribution < 1.29 is 9.72 Å². The van der Waals surface area contributed by atoms with E-state index < -0.39 is 4.92 Å². The van der Waals surface area contributed by atoms with Gasteiger partial charge in [-0.2, -0.15) is 0 Å². The van der Waals surface area contributed by atoms with Crippen molar-refractivity contribution in [3.63, 3.8) is 0 Å². The van der Waals surface area contributed by atoms with Crippen LogP contribution in [-0.4, -0.2) is 33.3 Å². The fourth-order valence-corrected chi connectivity index (χ4v) is 2.16. The van der Waals surface area contributed by atoms with Crippen LogP contribution in [0, 0.1) is 16.0 Å². The molecule has 1 aliphatic rings. The minimum Gasteiger partial charge on any atom is -0.336 e. The molecule has 1 aromatic heterocycles. The van der Waals surface area contributed by atoms with Crippen LogP contribution in [0.5, 0.6) is 0 Å². The summed E-state index contributed by atoms with van der Waals surface area (Å²) in [5.74, 6) is 0.153. The zero-order valence-corrected chi connectivity index (χ0v) is 12.1. The van der Waals surface area contributed by atoms with Gasteiger partial charge in [0.2, 0.25) is 0 Å². The lowest BCUT2D eigenvalue weighted by molar-refractivity contribution is -0.385. The number of carbonyl (C=O) groups excluding carboxylic acids is 1. The van der Waals surface area contributed by atoms with Crippen LogP contribution in [0.1, 0.15) is 37.0 Å². The van der Waals surface area contributed by atoms with E-state index in [4.69, 9.17) is 11.6 Å². The molecule has 0 unspecified atom stereocenters. The molecule has 2 rings (SSSR count). The van der Waals surface area contributed by atoms with Crippen LogP contribution >= 0.6 is 11.6 Å². The van der Waals surface area contributed by atoms with Gasteiger partial charge in [0.15, 0.2) is 0 Å². The van der Waals surface area contributed by atoms with Gasteiger partial charge >= 0.3 is 0 Å². The molecule has 0 radical (unpaired) electrons. The van der Waals surface area contributed by atoms with Crippen LogP contribution in [0.2, 0.25) is 5.15 Å². The SMILES string of the molecule is CC(C)N(CC1CC1)C(=O)c1cc(Cl)ncc1[N+](=O)[O-]. The van der Waals surface area contributed by atoms with E-state index in [1.807, 2.05) is 13.8 Å². The third-order valence-corrected chi connectivity index (χ3v) is 3.52. The van der Waals surface area contributed by atoms with Crippen molar-refractivity contribution in [3.05, 3.63) is 33.1 Å². The van der Waals surface area contributed by atoms with E-state index in [1.54, 1.807) is 4.90 Å². The van der Waals surface area contributed by atoms with Crippen LogP contribution in [0.25, 0.3) is 0 Å². The standard InChI is InChI=1S/C13H16ClN3O3/c1-8(2)16(7-9-3-4-9)13(18)10-5-12(14)15-6-11(10)17(19)20/h5-6,8-9H,3-4,7H2,1-2H3. The molecular weight excluding hydrogens is 282 g/mol. The molecule has 1 aromatic rings. The average molecular weight is 298 g/mol. The van der Waals surface area contributed by atoms with Crippen molar-refractivity contribution in [1.29, 1.82) is 0 Å². The summed E-state index contributed by atoms with van der Waals surface area (Å²) in [6.07, 6.45) is 3.25. The number of carbonyl (C=O) groups is 1. The highest BCUT2D eigenvalue weighted by atomic mass is 35.5. The third kappa shape index (κ3) is 3.25. The molecular formula is C13H16ClN3O3. The Hall–Kier alpha value is -1.69. The molecule has 1 fully saturated rings. The molecule has 6 nitrogen and oxygen atoms in total. The van der Waals surface area contributed by atoms with E-state index in [9.17, 15) is 14.9 Å². The Morgan fingerprint density at radius 3 is 2.75 bits per heavy atom. The van der Waals surface area contributed by atoms with Crippen LogP contribution in [0.3, 0.4) is 0 Å². The molecule has 1 aliphatic carbocycles. The Labute approximate surface area is 121 Å². The van der Waals surface area contributed by atoms with Crippen molar-refractivity contribution in [2.45, 2.75) is 32.7 Å². The molecule has 0 aromatic carbocycles. The maximum atomic E-state index is 12.6.